The molecule has 0 spiro atoms. The highest BCUT2D eigenvalue weighted by Gasteiger charge is 2.31. The van der Waals surface area contributed by atoms with E-state index in [1.54, 1.807) is 29.2 Å². The van der Waals surface area contributed by atoms with Crippen LogP contribution in [0, 0.1) is 11.8 Å². The average Bonchev–Trinajstić information content (AvgIpc) is 2.54. The first-order valence-corrected chi connectivity index (χ1v) is 11.0. The number of sulfonamides is 1. The second kappa shape index (κ2) is 8.64. The molecule has 1 aromatic carbocycles. The molecule has 0 aromatic heterocycles. The fourth-order valence-electron chi connectivity index (χ4n) is 3.29. The molecule has 1 aliphatic rings. The molecule has 0 N–H and O–H groups in total. The predicted molar refractivity (Wildman–Crippen MR) is 103 cm³/mol. The molecule has 140 valence electrons. The lowest BCUT2D eigenvalue weighted by Gasteiger charge is -2.34. The molecule has 1 saturated heterocycles. The topological polar surface area (TPSA) is 57.7 Å². The first-order valence-electron chi connectivity index (χ1n) is 8.74. The first-order chi connectivity index (χ1) is 11.7. The summed E-state index contributed by atoms with van der Waals surface area (Å²) in [5, 5.41) is 0. The van der Waals surface area contributed by atoms with E-state index in [2.05, 4.69) is 36.7 Å². The Morgan fingerprint density at radius 3 is 2.28 bits per heavy atom. The summed E-state index contributed by atoms with van der Waals surface area (Å²) in [4.78, 5) is 14.5. The van der Waals surface area contributed by atoms with E-state index >= 15 is 0 Å². The Morgan fingerprint density at radius 1 is 1.12 bits per heavy atom. The maximum Gasteiger partial charge on any atom is 0.244 e. The maximum absolute atomic E-state index is 12.8. The highest BCUT2D eigenvalue weighted by Crippen LogP contribution is 2.25. The number of benzene rings is 1. The third-order valence-electron chi connectivity index (χ3n) is 4.44. The molecule has 2 rings (SSSR count). The normalized spacial score (nSPS) is 17.7. The molecule has 0 radical (unpaired) electrons. The van der Waals surface area contributed by atoms with Gasteiger partial charge in [-0.2, -0.15) is 4.31 Å². The van der Waals surface area contributed by atoms with E-state index in [1.807, 2.05) is 0 Å². The molecule has 1 atom stereocenters. The number of nitrogens with zero attached hydrogens (tertiary/aromatic N) is 2. The van der Waals surface area contributed by atoms with Gasteiger partial charge in [0.25, 0.3) is 0 Å². The van der Waals surface area contributed by atoms with E-state index in [1.165, 1.54) is 4.31 Å². The van der Waals surface area contributed by atoms with Gasteiger partial charge < -0.3 is 4.90 Å². The summed E-state index contributed by atoms with van der Waals surface area (Å²) in [6.45, 7) is 8.01. The van der Waals surface area contributed by atoms with Crippen LogP contribution in [0.25, 0.3) is 0 Å². The van der Waals surface area contributed by atoms with E-state index in [0.717, 1.165) is 6.42 Å². The highest BCUT2D eigenvalue weighted by atomic mass is 79.9. The van der Waals surface area contributed by atoms with Crippen molar-refractivity contribution in [1.29, 1.82) is 0 Å². The summed E-state index contributed by atoms with van der Waals surface area (Å²) in [6, 6.07) is 6.83. The lowest BCUT2D eigenvalue weighted by molar-refractivity contribution is -0.133. The summed E-state index contributed by atoms with van der Waals surface area (Å²) < 4.78 is 27.6. The van der Waals surface area contributed by atoms with Crippen molar-refractivity contribution < 1.29 is 13.2 Å². The zero-order valence-electron chi connectivity index (χ0n) is 15.1. The molecule has 1 fully saturated rings. The Balaban J connectivity index is 1.95. The van der Waals surface area contributed by atoms with Crippen molar-refractivity contribution in [3.63, 3.8) is 0 Å². The number of amides is 1. The Bertz CT molecular complexity index is 698. The van der Waals surface area contributed by atoms with Crippen LogP contribution in [-0.2, 0) is 14.8 Å². The van der Waals surface area contributed by atoms with Crippen LogP contribution in [0.4, 0.5) is 0 Å². The van der Waals surface area contributed by atoms with E-state index in [4.69, 9.17) is 0 Å². The molecule has 5 nitrogen and oxygen atoms in total. The van der Waals surface area contributed by atoms with Crippen molar-refractivity contribution in [3.05, 3.63) is 28.7 Å². The molecule has 1 aromatic rings. The quantitative estimate of drug-likeness (QED) is 0.694. The van der Waals surface area contributed by atoms with Crippen molar-refractivity contribution in [2.45, 2.75) is 38.5 Å². The summed E-state index contributed by atoms with van der Waals surface area (Å²) in [7, 11) is -3.53. The van der Waals surface area contributed by atoms with E-state index in [-0.39, 0.29) is 10.8 Å². The lowest BCUT2D eigenvalue weighted by Crippen LogP contribution is -2.50. The summed E-state index contributed by atoms with van der Waals surface area (Å²) in [5.74, 6) is 1.06. The first kappa shape index (κ1) is 20.4. The van der Waals surface area contributed by atoms with Gasteiger partial charge in [-0.3, -0.25) is 4.79 Å². The minimum atomic E-state index is -3.53. The molecule has 0 aliphatic carbocycles. The fraction of sp³-hybridized carbons (Fsp3) is 0.611. The standard InChI is InChI=1S/C18H27BrN2O3S/c1-14(2)12-15(3)13-18(22)20-8-10-21(11-9-20)25(23,24)17-7-5-4-6-16(17)19/h4-7,14-15H,8-13H2,1-3H3. The number of halogens is 1. The van der Waals surface area contributed by atoms with Gasteiger partial charge in [0.15, 0.2) is 0 Å². The summed E-state index contributed by atoms with van der Waals surface area (Å²) in [6.07, 6.45) is 1.57. The smallest absolute Gasteiger partial charge is 0.244 e. The van der Waals surface area contributed by atoms with Crippen molar-refractivity contribution in [2.24, 2.45) is 11.8 Å². The second-order valence-electron chi connectivity index (χ2n) is 7.15. The lowest BCUT2D eigenvalue weighted by atomic mass is 9.95. The number of hydrogen-bond donors (Lipinski definition) is 0. The summed E-state index contributed by atoms with van der Waals surface area (Å²) in [5.41, 5.74) is 0. The van der Waals surface area contributed by atoms with Crippen molar-refractivity contribution >= 4 is 31.9 Å². The third-order valence-corrected chi connectivity index (χ3v) is 7.35. The number of hydrogen-bond acceptors (Lipinski definition) is 3. The largest absolute Gasteiger partial charge is 0.340 e. The molecule has 1 heterocycles. The van der Waals surface area contributed by atoms with Gasteiger partial charge in [0.2, 0.25) is 15.9 Å². The van der Waals surface area contributed by atoms with Crippen molar-refractivity contribution in [1.82, 2.24) is 9.21 Å². The van der Waals surface area contributed by atoms with Gasteiger partial charge in [-0.15, -0.1) is 0 Å². The molecule has 0 bridgehead atoms. The zero-order chi connectivity index (χ0) is 18.6. The van der Waals surface area contributed by atoms with Crippen LogP contribution in [0.1, 0.15) is 33.6 Å². The number of carbonyl (C=O) groups excluding carboxylic acids is 1. The third kappa shape index (κ3) is 5.28. The number of rotatable bonds is 6. The monoisotopic (exact) mass is 430 g/mol. The van der Waals surface area contributed by atoms with Crippen LogP contribution < -0.4 is 0 Å². The second-order valence-corrected chi connectivity index (χ2v) is 9.91. The Hall–Kier alpha value is -0.920. The van der Waals surface area contributed by atoms with Gasteiger partial charge in [-0.05, 0) is 46.3 Å². The molecule has 25 heavy (non-hydrogen) atoms. The Kier molecular flexibility index (Phi) is 7.05. The molecule has 0 saturated carbocycles. The maximum atomic E-state index is 12.8. The van der Waals surface area contributed by atoms with Crippen LogP contribution in [0.3, 0.4) is 0 Å². The summed E-state index contributed by atoms with van der Waals surface area (Å²) >= 11 is 3.31. The Morgan fingerprint density at radius 2 is 1.72 bits per heavy atom. The van der Waals surface area contributed by atoms with E-state index in [9.17, 15) is 13.2 Å². The van der Waals surface area contributed by atoms with Crippen molar-refractivity contribution in [2.75, 3.05) is 26.2 Å². The molecular weight excluding hydrogens is 404 g/mol. The number of piperazine rings is 1. The fourth-order valence-corrected chi connectivity index (χ4v) is 5.67. The minimum Gasteiger partial charge on any atom is -0.340 e. The SMILES string of the molecule is CC(C)CC(C)CC(=O)N1CCN(S(=O)(=O)c2ccccc2Br)CC1. The van der Waals surface area contributed by atoms with Gasteiger partial charge in [-0.25, -0.2) is 8.42 Å². The van der Waals surface area contributed by atoms with Gasteiger partial charge in [0.1, 0.15) is 0 Å². The van der Waals surface area contributed by atoms with Crippen molar-refractivity contribution in [3.8, 4) is 0 Å². The van der Waals surface area contributed by atoms with Crippen LogP contribution in [0.2, 0.25) is 0 Å². The van der Waals surface area contributed by atoms with E-state index < -0.39 is 10.0 Å². The minimum absolute atomic E-state index is 0.131. The average molecular weight is 431 g/mol. The molecule has 7 heteroatoms. The molecule has 1 aliphatic heterocycles. The van der Waals surface area contributed by atoms with Crippen LogP contribution >= 0.6 is 15.9 Å². The van der Waals surface area contributed by atoms with Gasteiger partial charge in [-0.1, -0.05) is 32.9 Å². The molecular formula is C18H27BrN2O3S. The van der Waals surface area contributed by atoms with E-state index in [0.29, 0.717) is 48.9 Å². The van der Waals surface area contributed by atoms with Gasteiger partial charge >= 0.3 is 0 Å². The van der Waals surface area contributed by atoms with Crippen LogP contribution in [0.15, 0.2) is 33.6 Å². The highest BCUT2D eigenvalue weighted by molar-refractivity contribution is 9.10. The zero-order valence-corrected chi connectivity index (χ0v) is 17.5. The van der Waals surface area contributed by atoms with Gasteiger partial charge in [0.05, 0.1) is 4.90 Å². The Labute approximate surface area is 159 Å². The molecule has 1 unspecified atom stereocenters. The van der Waals surface area contributed by atoms with Crippen LogP contribution in [-0.4, -0.2) is 49.7 Å². The predicted octanol–water partition coefficient (Wildman–Crippen LogP) is 3.35. The van der Waals surface area contributed by atoms with Gasteiger partial charge in [0, 0.05) is 37.1 Å². The van der Waals surface area contributed by atoms with Crippen LogP contribution in [0.5, 0.6) is 0 Å². The molecule has 1 amide bonds. The number of carbonyl (C=O) groups is 1.